The van der Waals surface area contributed by atoms with E-state index < -0.39 is 0 Å². The third-order valence-corrected chi connectivity index (χ3v) is 2.59. The molecule has 0 radical (unpaired) electrons. The highest BCUT2D eigenvalue weighted by Gasteiger charge is 2.07. The van der Waals surface area contributed by atoms with Gasteiger partial charge in [-0.2, -0.15) is 0 Å². The lowest BCUT2D eigenvalue weighted by Crippen LogP contribution is -1.85. The van der Waals surface area contributed by atoms with Crippen molar-refractivity contribution in [3.8, 4) is 11.1 Å². The topological polar surface area (TPSA) is 12.9 Å². The summed E-state index contributed by atoms with van der Waals surface area (Å²) >= 11 is 3.32. The van der Waals surface area contributed by atoms with Gasteiger partial charge >= 0.3 is 0 Å². The number of hydrogen-bond acceptors (Lipinski definition) is 1. The maximum atomic E-state index is 13.5. The van der Waals surface area contributed by atoms with Crippen molar-refractivity contribution >= 4 is 15.9 Å². The first-order valence-electron chi connectivity index (χ1n) is 4.13. The highest BCUT2D eigenvalue weighted by molar-refractivity contribution is 9.10. The summed E-state index contributed by atoms with van der Waals surface area (Å²) in [7, 11) is 0. The smallest absolute Gasteiger partial charge is 0.132 e. The molecule has 1 nitrogen and oxygen atoms in total. The van der Waals surface area contributed by atoms with E-state index in [-0.39, 0.29) is 5.82 Å². The van der Waals surface area contributed by atoms with Crippen LogP contribution in [0.25, 0.3) is 11.1 Å². The molecular formula is C11H7BrFN. The minimum absolute atomic E-state index is 0.231. The lowest BCUT2D eigenvalue weighted by Gasteiger charge is -2.04. The Hall–Kier alpha value is -1.22. The second kappa shape index (κ2) is 3.88. The first kappa shape index (κ1) is 9.34. The minimum atomic E-state index is -0.231. The van der Waals surface area contributed by atoms with Gasteiger partial charge in [0.25, 0.3) is 0 Å². The normalized spacial score (nSPS) is 10.1. The van der Waals surface area contributed by atoms with Crippen LogP contribution in [0.15, 0.2) is 47.2 Å². The Balaban J connectivity index is 2.63. The van der Waals surface area contributed by atoms with Gasteiger partial charge < -0.3 is 0 Å². The Labute approximate surface area is 89.7 Å². The lowest BCUT2D eigenvalue weighted by molar-refractivity contribution is 0.630. The molecular weight excluding hydrogens is 245 g/mol. The van der Waals surface area contributed by atoms with Crippen LogP contribution in [0.2, 0.25) is 0 Å². The van der Waals surface area contributed by atoms with Crippen molar-refractivity contribution < 1.29 is 4.39 Å². The molecule has 0 amide bonds. The van der Waals surface area contributed by atoms with Crippen LogP contribution in [0.5, 0.6) is 0 Å². The van der Waals surface area contributed by atoms with Crippen molar-refractivity contribution in [3.63, 3.8) is 0 Å². The summed E-state index contributed by atoms with van der Waals surface area (Å²) in [5.41, 5.74) is 1.40. The fourth-order valence-electron chi connectivity index (χ4n) is 1.29. The Morgan fingerprint density at radius 2 is 1.79 bits per heavy atom. The SMILES string of the molecule is Fc1cccc(Br)c1-c1ccncc1. The molecule has 0 fully saturated rings. The van der Waals surface area contributed by atoms with Crippen molar-refractivity contribution in [2.75, 3.05) is 0 Å². The first-order valence-corrected chi connectivity index (χ1v) is 4.93. The Kier molecular flexibility index (Phi) is 2.59. The molecule has 0 saturated carbocycles. The second-order valence-corrected chi connectivity index (χ2v) is 3.69. The molecule has 1 aromatic heterocycles. The van der Waals surface area contributed by atoms with Crippen molar-refractivity contribution in [1.82, 2.24) is 4.98 Å². The van der Waals surface area contributed by atoms with Crippen LogP contribution in [0, 0.1) is 5.82 Å². The van der Waals surface area contributed by atoms with E-state index in [0.717, 1.165) is 10.0 Å². The third kappa shape index (κ3) is 1.68. The van der Waals surface area contributed by atoms with Crippen LogP contribution < -0.4 is 0 Å². The molecule has 0 unspecified atom stereocenters. The van der Waals surface area contributed by atoms with E-state index in [1.54, 1.807) is 30.6 Å². The molecule has 0 saturated heterocycles. The molecule has 0 atom stereocenters. The van der Waals surface area contributed by atoms with Gasteiger partial charge in [-0.1, -0.05) is 22.0 Å². The number of benzene rings is 1. The molecule has 2 aromatic rings. The lowest BCUT2D eigenvalue weighted by atomic mass is 10.1. The Bertz CT molecular complexity index is 422. The van der Waals surface area contributed by atoms with E-state index in [4.69, 9.17) is 0 Å². The molecule has 0 aliphatic rings. The van der Waals surface area contributed by atoms with Gasteiger partial charge in [0.2, 0.25) is 0 Å². The largest absolute Gasteiger partial charge is 0.265 e. The Morgan fingerprint density at radius 3 is 2.43 bits per heavy atom. The van der Waals surface area contributed by atoms with E-state index in [9.17, 15) is 4.39 Å². The minimum Gasteiger partial charge on any atom is -0.265 e. The number of aromatic nitrogens is 1. The summed E-state index contributed by atoms with van der Waals surface area (Å²) < 4.78 is 14.2. The van der Waals surface area contributed by atoms with Crippen molar-refractivity contribution in [3.05, 3.63) is 53.0 Å². The van der Waals surface area contributed by atoms with Gasteiger partial charge in [0.05, 0.1) is 0 Å². The predicted octanol–water partition coefficient (Wildman–Crippen LogP) is 3.65. The quantitative estimate of drug-likeness (QED) is 0.754. The summed E-state index contributed by atoms with van der Waals surface area (Å²) in [6, 6.07) is 8.50. The molecule has 0 aliphatic heterocycles. The molecule has 1 heterocycles. The molecule has 70 valence electrons. The monoisotopic (exact) mass is 251 g/mol. The second-order valence-electron chi connectivity index (χ2n) is 2.83. The van der Waals surface area contributed by atoms with E-state index in [1.807, 2.05) is 6.07 Å². The molecule has 2 rings (SSSR count). The van der Waals surface area contributed by atoms with Crippen molar-refractivity contribution in [1.29, 1.82) is 0 Å². The standard InChI is InChI=1S/C11H7BrFN/c12-9-2-1-3-10(13)11(9)8-4-6-14-7-5-8/h1-7H. The average molecular weight is 252 g/mol. The van der Waals surface area contributed by atoms with Gasteiger partial charge in [-0.15, -0.1) is 0 Å². The summed E-state index contributed by atoms with van der Waals surface area (Å²) in [5, 5.41) is 0. The highest BCUT2D eigenvalue weighted by Crippen LogP contribution is 2.29. The zero-order chi connectivity index (χ0) is 9.97. The highest BCUT2D eigenvalue weighted by atomic mass is 79.9. The van der Waals surface area contributed by atoms with Crippen LogP contribution >= 0.6 is 15.9 Å². The molecule has 1 aromatic carbocycles. The summed E-state index contributed by atoms with van der Waals surface area (Å²) in [6.45, 7) is 0. The number of rotatable bonds is 1. The van der Waals surface area contributed by atoms with Crippen LogP contribution in [-0.4, -0.2) is 4.98 Å². The maximum Gasteiger partial charge on any atom is 0.132 e. The molecule has 3 heteroatoms. The zero-order valence-electron chi connectivity index (χ0n) is 7.24. The van der Waals surface area contributed by atoms with Gasteiger partial charge in [-0.3, -0.25) is 4.98 Å². The van der Waals surface area contributed by atoms with Crippen LogP contribution in [0.1, 0.15) is 0 Å². The summed E-state index contributed by atoms with van der Waals surface area (Å²) in [6.07, 6.45) is 3.29. The summed E-state index contributed by atoms with van der Waals surface area (Å²) in [5.74, 6) is -0.231. The number of nitrogens with zero attached hydrogens (tertiary/aromatic N) is 1. The predicted molar refractivity (Wildman–Crippen MR) is 57.3 cm³/mol. The number of halogens is 2. The average Bonchev–Trinajstić information content (AvgIpc) is 2.19. The molecule has 14 heavy (non-hydrogen) atoms. The molecule has 0 aliphatic carbocycles. The number of hydrogen-bond donors (Lipinski definition) is 0. The van der Waals surface area contributed by atoms with Gasteiger partial charge in [0.15, 0.2) is 0 Å². The van der Waals surface area contributed by atoms with E-state index >= 15 is 0 Å². The van der Waals surface area contributed by atoms with E-state index in [2.05, 4.69) is 20.9 Å². The summed E-state index contributed by atoms with van der Waals surface area (Å²) in [4.78, 5) is 3.89. The van der Waals surface area contributed by atoms with Crippen LogP contribution in [0.3, 0.4) is 0 Å². The molecule has 0 spiro atoms. The number of pyridine rings is 1. The maximum absolute atomic E-state index is 13.5. The van der Waals surface area contributed by atoms with Crippen molar-refractivity contribution in [2.45, 2.75) is 0 Å². The van der Waals surface area contributed by atoms with Crippen LogP contribution in [-0.2, 0) is 0 Å². The van der Waals surface area contributed by atoms with Gasteiger partial charge in [0.1, 0.15) is 5.82 Å². The van der Waals surface area contributed by atoms with E-state index in [1.165, 1.54) is 6.07 Å². The van der Waals surface area contributed by atoms with Gasteiger partial charge in [-0.25, -0.2) is 4.39 Å². The van der Waals surface area contributed by atoms with Gasteiger partial charge in [-0.05, 0) is 29.8 Å². The zero-order valence-corrected chi connectivity index (χ0v) is 8.83. The Morgan fingerprint density at radius 1 is 1.07 bits per heavy atom. The fraction of sp³-hybridized carbons (Fsp3) is 0. The molecule has 0 bridgehead atoms. The van der Waals surface area contributed by atoms with Crippen molar-refractivity contribution in [2.24, 2.45) is 0 Å². The third-order valence-electron chi connectivity index (χ3n) is 1.93. The van der Waals surface area contributed by atoms with Crippen LogP contribution in [0.4, 0.5) is 4.39 Å². The van der Waals surface area contributed by atoms with E-state index in [0.29, 0.717) is 5.56 Å². The first-order chi connectivity index (χ1) is 6.79. The van der Waals surface area contributed by atoms with Gasteiger partial charge in [0, 0.05) is 22.4 Å². The molecule has 0 N–H and O–H groups in total. The fourth-order valence-corrected chi connectivity index (χ4v) is 1.86.